The molecule has 0 aliphatic heterocycles. The molecule has 1 aliphatic carbocycles. The van der Waals surface area contributed by atoms with Gasteiger partial charge in [-0.1, -0.05) is 6.08 Å². The van der Waals surface area contributed by atoms with Gasteiger partial charge >= 0.3 is 6.09 Å². The third kappa shape index (κ3) is 6.90. The minimum atomic E-state index is -1.40. The number of nitrogens with one attached hydrogen (secondary N) is 3. The highest BCUT2D eigenvalue weighted by molar-refractivity contribution is 5.96. The van der Waals surface area contributed by atoms with Crippen LogP contribution in [0, 0.1) is 18.7 Å². The third-order valence-corrected chi connectivity index (χ3v) is 6.68. The molecule has 1 fully saturated rings. The van der Waals surface area contributed by atoms with Crippen molar-refractivity contribution in [3.05, 3.63) is 63.9 Å². The molecule has 0 saturated heterocycles. The number of halogens is 1. The minimum Gasteiger partial charge on any atom is -0.465 e. The number of carbonyl (C=O) groups is 3. The van der Waals surface area contributed by atoms with Crippen LogP contribution in [0.4, 0.5) is 14.9 Å². The number of H-pyrrole nitrogens is 1. The van der Waals surface area contributed by atoms with Crippen molar-refractivity contribution in [2.45, 2.75) is 51.6 Å². The van der Waals surface area contributed by atoms with E-state index in [9.17, 15) is 28.7 Å². The molecule has 1 saturated carbocycles. The second kappa shape index (κ2) is 12.1. The number of aromatic nitrogens is 4. The highest BCUT2D eigenvalue weighted by Gasteiger charge is 2.25. The third-order valence-electron chi connectivity index (χ3n) is 6.68. The smallest absolute Gasteiger partial charge is 0.405 e. The van der Waals surface area contributed by atoms with Crippen LogP contribution in [-0.2, 0) is 22.6 Å². The predicted molar refractivity (Wildman–Crippen MR) is 145 cm³/mol. The number of hydrogen-bond acceptors (Lipinski definition) is 6. The Hall–Kier alpha value is -4.55. The van der Waals surface area contributed by atoms with E-state index in [1.165, 1.54) is 21.6 Å². The second-order valence-electron chi connectivity index (χ2n) is 10.1. The van der Waals surface area contributed by atoms with Crippen molar-refractivity contribution in [3.63, 3.8) is 0 Å². The van der Waals surface area contributed by atoms with Gasteiger partial charge in [0.2, 0.25) is 11.8 Å². The van der Waals surface area contributed by atoms with E-state index >= 15 is 0 Å². The molecule has 0 spiro atoms. The summed E-state index contributed by atoms with van der Waals surface area (Å²) in [6.45, 7) is 1.71. The number of allylic oxidation sites excluding steroid dienone is 1. The number of nitrogens with zero attached hydrogens (tertiary/aromatic N) is 4. The Labute approximate surface area is 229 Å². The predicted octanol–water partition coefficient (Wildman–Crippen LogP) is 2.57. The van der Waals surface area contributed by atoms with Crippen molar-refractivity contribution >= 4 is 34.6 Å². The van der Waals surface area contributed by atoms with E-state index in [-0.39, 0.29) is 36.5 Å². The van der Waals surface area contributed by atoms with Crippen LogP contribution in [-0.4, -0.2) is 67.6 Å². The van der Waals surface area contributed by atoms with Crippen LogP contribution in [0.25, 0.3) is 11.0 Å². The Balaban J connectivity index is 1.52. The topological polar surface area (TPSA) is 162 Å². The van der Waals surface area contributed by atoms with E-state index in [2.05, 4.69) is 25.6 Å². The standard InChI is InChI=1S/C27H32FN7O5/c1-15-8-11-19(30-25(37)18(31-27(39)40)6-4-5-7-22(36)34(2)3)26(38)35(15)14-21-32-23-17(28)13-29-20(24(23)33-21)12-16-9-10-16/h5,7-8,11,13,16,18,31H,4,6,9-10,12,14H2,1-3H3,(H,30,37)(H,32,33)(H,39,40)/b7-5+/t18-/m0/s1. The van der Waals surface area contributed by atoms with Crippen LogP contribution in [0.2, 0.25) is 0 Å². The molecule has 3 aromatic rings. The van der Waals surface area contributed by atoms with E-state index in [0.717, 1.165) is 31.2 Å². The Bertz CT molecular complexity index is 1520. The first kappa shape index (κ1) is 28.5. The van der Waals surface area contributed by atoms with Gasteiger partial charge in [-0.25, -0.2) is 14.2 Å². The molecule has 3 heterocycles. The van der Waals surface area contributed by atoms with Crippen LogP contribution in [0.5, 0.6) is 0 Å². The maximum Gasteiger partial charge on any atom is 0.405 e. The Morgan fingerprint density at radius 1 is 1.30 bits per heavy atom. The molecule has 1 aliphatic rings. The van der Waals surface area contributed by atoms with Gasteiger partial charge in [0.25, 0.3) is 5.56 Å². The summed E-state index contributed by atoms with van der Waals surface area (Å²) >= 11 is 0. The van der Waals surface area contributed by atoms with Gasteiger partial charge in [-0.05, 0) is 63.2 Å². The van der Waals surface area contributed by atoms with E-state index in [1.54, 1.807) is 33.2 Å². The summed E-state index contributed by atoms with van der Waals surface area (Å²) in [5.74, 6) is -0.620. The number of likely N-dealkylation sites (N-methyl/N-ethyl adjacent to an activating group) is 1. The zero-order valence-electron chi connectivity index (χ0n) is 22.5. The van der Waals surface area contributed by atoms with Crippen molar-refractivity contribution in [2.75, 3.05) is 19.4 Å². The van der Waals surface area contributed by atoms with Crippen LogP contribution in [0.1, 0.15) is 42.9 Å². The summed E-state index contributed by atoms with van der Waals surface area (Å²) in [7, 11) is 3.19. The summed E-state index contributed by atoms with van der Waals surface area (Å²) in [6.07, 6.45) is 5.92. The van der Waals surface area contributed by atoms with Gasteiger partial charge in [-0.15, -0.1) is 0 Å². The van der Waals surface area contributed by atoms with E-state index in [0.29, 0.717) is 23.0 Å². The number of anilines is 1. The molecule has 12 nitrogen and oxygen atoms in total. The summed E-state index contributed by atoms with van der Waals surface area (Å²) < 4.78 is 15.8. The van der Waals surface area contributed by atoms with E-state index in [4.69, 9.17) is 0 Å². The SMILES string of the molecule is Cc1ccc(NC(=O)[C@H](CC/C=C/C(=O)N(C)C)NC(=O)O)c(=O)n1Cc1nc2c(F)cnc(CC3CC3)c2[nH]1. The molecule has 13 heteroatoms. The first-order valence-corrected chi connectivity index (χ1v) is 12.9. The zero-order chi connectivity index (χ0) is 29.0. The number of imidazole rings is 1. The van der Waals surface area contributed by atoms with E-state index in [1.807, 2.05) is 0 Å². The lowest BCUT2D eigenvalue weighted by Crippen LogP contribution is -2.44. The summed E-state index contributed by atoms with van der Waals surface area (Å²) in [5.41, 5.74) is 1.41. The number of carbonyl (C=O) groups excluding carboxylic acids is 2. The quantitative estimate of drug-likeness (QED) is 0.265. The number of amides is 3. The first-order chi connectivity index (χ1) is 19.0. The highest BCUT2D eigenvalue weighted by Crippen LogP contribution is 2.33. The number of rotatable bonds is 11. The Morgan fingerprint density at radius 2 is 2.05 bits per heavy atom. The molecular weight excluding hydrogens is 521 g/mol. The number of aromatic amines is 1. The van der Waals surface area contributed by atoms with Gasteiger partial charge in [-0.2, -0.15) is 0 Å². The van der Waals surface area contributed by atoms with Crippen molar-refractivity contribution in [2.24, 2.45) is 5.92 Å². The number of carboxylic acid groups (broad SMARTS) is 1. The monoisotopic (exact) mass is 553 g/mol. The lowest BCUT2D eigenvalue weighted by molar-refractivity contribution is -0.123. The molecular formula is C27H32FN7O5. The van der Waals surface area contributed by atoms with Crippen LogP contribution >= 0.6 is 0 Å². The average Bonchev–Trinajstić information content (AvgIpc) is 3.61. The van der Waals surface area contributed by atoms with Gasteiger partial charge in [0.05, 0.1) is 24.0 Å². The van der Waals surface area contributed by atoms with E-state index < -0.39 is 29.4 Å². The van der Waals surface area contributed by atoms with Crippen molar-refractivity contribution < 1.29 is 23.9 Å². The fourth-order valence-corrected chi connectivity index (χ4v) is 4.24. The van der Waals surface area contributed by atoms with Gasteiger partial charge in [0, 0.05) is 19.8 Å². The molecule has 4 N–H and O–H groups in total. The number of hydrogen-bond donors (Lipinski definition) is 4. The molecule has 4 rings (SSSR count). The van der Waals surface area contributed by atoms with Crippen LogP contribution < -0.4 is 16.2 Å². The molecule has 0 aromatic carbocycles. The maximum absolute atomic E-state index is 14.5. The molecule has 1 atom stereocenters. The number of pyridine rings is 2. The highest BCUT2D eigenvalue weighted by atomic mass is 19.1. The summed E-state index contributed by atoms with van der Waals surface area (Å²) in [4.78, 5) is 62.3. The lowest BCUT2D eigenvalue weighted by atomic mass is 10.1. The van der Waals surface area contributed by atoms with Crippen LogP contribution in [0.3, 0.4) is 0 Å². The second-order valence-corrected chi connectivity index (χ2v) is 10.1. The summed E-state index contributed by atoms with van der Waals surface area (Å²) in [5, 5.41) is 13.9. The molecule has 212 valence electrons. The Kier molecular flexibility index (Phi) is 8.61. The normalized spacial score (nSPS) is 13.9. The first-order valence-electron chi connectivity index (χ1n) is 12.9. The summed E-state index contributed by atoms with van der Waals surface area (Å²) in [6, 6.07) is 1.91. The van der Waals surface area contributed by atoms with Gasteiger partial charge in [0.1, 0.15) is 23.1 Å². The van der Waals surface area contributed by atoms with Gasteiger partial charge < -0.3 is 30.2 Å². The van der Waals surface area contributed by atoms with Crippen molar-refractivity contribution in [1.29, 1.82) is 0 Å². The molecule has 0 bridgehead atoms. The molecule has 3 aromatic heterocycles. The minimum absolute atomic E-state index is 0.00707. The van der Waals surface area contributed by atoms with Crippen molar-refractivity contribution in [3.8, 4) is 0 Å². The van der Waals surface area contributed by atoms with Gasteiger partial charge in [0.15, 0.2) is 5.82 Å². The number of fused-ring (bicyclic) bond motifs is 1. The maximum atomic E-state index is 14.5. The van der Waals surface area contributed by atoms with Crippen molar-refractivity contribution in [1.82, 2.24) is 29.7 Å². The number of aryl methyl sites for hydroxylation is 1. The Morgan fingerprint density at radius 3 is 2.73 bits per heavy atom. The lowest BCUT2D eigenvalue weighted by Gasteiger charge is -2.17. The molecule has 0 radical (unpaired) electrons. The zero-order valence-corrected chi connectivity index (χ0v) is 22.5. The molecule has 0 unspecified atom stereocenters. The van der Waals surface area contributed by atoms with Gasteiger partial charge in [-0.3, -0.25) is 19.4 Å². The fourth-order valence-electron chi connectivity index (χ4n) is 4.24. The average molecular weight is 554 g/mol. The molecule has 40 heavy (non-hydrogen) atoms. The van der Waals surface area contributed by atoms with Crippen LogP contribution in [0.15, 0.2) is 35.3 Å². The fraction of sp³-hybridized carbons (Fsp3) is 0.407. The molecule has 3 amide bonds. The largest absolute Gasteiger partial charge is 0.465 e.